The van der Waals surface area contributed by atoms with E-state index in [4.69, 9.17) is 0 Å². The zero-order valence-electron chi connectivity index (χ0n) is 12.8. The van der Waals surface area contributed by atoms with E-state index in [-0.39, 0.29) is 6.04 Å². The van der Waals surface area contributed by atoms with Crippen LogP contribution >= 0.6 is 0 Å². The molecule has 1 aromatic heterocycles. The molecule has 2 heterocycles. The molecule has 0 unspecified atom stereocenters. The molecule has 0 spiro atoms. The van der Waals surface area contributed by atoms with Crippen molar-refractivity contribution in [1.29, 1.82) is 0 Å². The zero-order valence-corrected chi connectivity index (χ0v) is 12.8. The fourth-order valence-electron chi connectivity index (χ4n) is 3.13. The number of rotatable bonds is 3. The number of carbonyl (C=O) groups is 2. The fraction of sp³-hybridized carbons (Fsp3) is 0.375. The van der Waals surface area contributed by atoms with E-state index in [9.17, 15) is 14.7 Å². The van der Waals surface area contributed by atoms with Gasteiger partial charge in [-0.05, 0) is 31.0 Å². The molecule has 0 saturated carbocycles. The molecule has 2 N–H and O–H groups in total. The average Bonchev–Trinajstić information content (AvgIpc) is 2.55. The molecule has 1 amide bonds. The number of hydrogen-bond acceptors (Lipinski definition) is 5. The lowest BCUT2D eigenvalue weighted by Gasteiger charge is -2.35. The summed E-state index contributed by atoms with van der Waals surface area (Å²) in [5.41, 5.74) is 1.71. The normalized spacial score (nSPS) is 21.1. The molecule has 1 saturated heterocycles. The highest BCUT2D eigenvalue weighted by molar-refractivity contribution is 6.03. The van der Waals surface area contributed by atoms with Crippen LogP contribution in [0, 0.1) is 5.92 Å². The Morgan fingerprint density at radius 2 is 2.04 bits per heavy atom. The number of nitrogens with zero attached hydrogens (tertiary/aromatic N) is 3. The molecular weight excluding hydrogens is 296 g/mol. The molecule has 2 atom stereocenters. The molecule has 0 aliphatic carbocycles. The largest absolute Gasteiger partial charge is 0.465 e. The van der Waals surface area contributed by atoms with Gasteiger partial charge in [0, 0.05) is 24.5 Å². The van der Waals surface area contributed by atoms with Gasteiger partial charge < -0.3 is 10.4 Å². The maximum Gasteiger partial charge on any atom is 0.412 e. The van der Waals surface area contributed by atoms with Gasteiger partial charge in [0.05, 0.1) is 11.7 Å². The van der Waals surface area contributed by atoms with Gasteiger partial charge in [0.1, 0.15) is 11.0 Å². The van der Waals surface area contributed by atoms with E-state index >= 15 is 0 Å². The van der Waals surface area contributed by atoms with E-state index in [0.29, 0.717) is 41.0 Å². The van der Waals surface area contributed by atoms with Gasteiger partial charge in [0.25, 0.3) is 0 Å². The topological polar surface area (TPSA) is 95.4 Å². The number of aromatic nitrogens is 2. The van der Waals surface area contributed by atoms with Crippen molar-refractivity contribution in [2.45, 2.75) is 19.4 Å². The molecule has 7 nitrogen and oxygen atoms in total. The number of piperidine rings is 1. The van der Waals surface area contributed by atoms with Crippen molar-refractivity contribution in [3.63, 3.8) is 0 Å². The van der Waals surface area contributed by atoms with Gasteiger partial charge in [-0.25, -0.2) is 4.79 Å². The molecule has 0 bridgehead atoms. The highest BCUT2D eigenvalue weighted by atomic mass is 16.4. The van der Waals surface area contributed by atoms with Gasteiger partial charge in [-0.1, -0.05) is 6.92 Å². The predicted octanol–water partition coefficient (Wildman–Crippen LogP) is 1.92. The summed E-state index contributed by atoms with van der Waals surface area (Å²) in [4.78, 5) is 32.8. The average molecular weight is 314 g/mol. The number of hydrogen-bond donors (Lipinski definition) is 2. The molecule has 1 aliphatic rings. The second-order valence-electron chi connectivity index (χ2n) is 5.85. The first-order chi connectivity index (χ1) is 11.1. The van der Waals surface area contributed by atoms with E-state index in [0.717, 1.165) is 13.0 Å². The van der Waals surface area contributed by atoms with Crippen molar-refractivity contribution in [3.8, 4) is 0 Å². The highest BCUT2D eigenvalue weighted by Gasteiger charge is 2.30. The van der Waals surface area contributed by atoms with E-state index in [1.807, 2.05) is 0 Å². The summed E-state index contributed by atoms with van der Waals surface area (Å²) in [5, 5.41) is 13.0. The Balaban J connectivity index is 2.12. The van der Waals surface area contributed by atoms with Gasteiger partial charge in [0.15, 0.2) is 6.29 Å². The third-order valence-electron chi connectivity index (χ3n) is 4.14. The van der Waals surface area contributed by atoms with Crippen LogP contribution in [0.15, 0.2) is 24.5 Å². The zero-order chi connectivity index (χ0) is 16.4. The molecule has 23 heavy (non-hydrogen) atoms. The van der Waals surface area contributed by atoms with Crippen molar-refractivity contribution >= 4 is 29.1 Å². The quantitative estimate of drug-likeness (QED) is 0.840. The Bertz CT molecular complexity index is 749. The summed E-state index contributed by atoms with van der Waals surface area (Å²) in [6, 6.07) is 3.05. The third kappa shape index (κ3) is 2.87. The maximum absolute atomic E-state index is 11.9. The molecule has 1 aromatic carbocycles. The number of benzene rings is 1. The Kier molecular flexibility index (Phi) is 4.20. The van der Waals surface area contributed by atoms with Crippen LogP contribution in [-0.2, 0) is 0 Å². The maximum atomic E-state index is 11.9. The van der Waals surface area contributed by atoms with Crippen LogP contribution in [0.1, 0.15) is 23.7 Å². The van der Waals surface area contributed by atoms with Gasteiger partial charge in [-0.2, -0.15) is 0 Å². The molecule has 0 radical (unpaired) electrons. The first kappa shape index (κ1) is 15.4. The molecule has 7 heteroatoms. The number of carbonyl (C=O) groups excluding carboxylic acids is 1. The van der Waals surface area contributed by atoms with Crippen molar-refractivity contribution in [1.82, 2.24) is 15.3 Å². The second kappa shape index (κ2) is 6.29. The minimum absolute atomic E-state index is 0.177. The number of nitrogens with one attached hydrogen (secondary N) is 1. The lowest BCUT2D eigenvalue weighted by atomic mass is 9.96. The Morgan fingerprint density at radius 1 is 1.30 bits per heavy atom. The SMILES string of the molecule is C[C@@H]1CNC[C@H](N(C(=O)O)c2ccc(C=O)c3nccnc23)C1. The minimum Gasteiger partial charge on any atom is -0.465 e. The smallest absolute Gasteiger partial charge is 0.412 e. The minimum atomic E-state index is -1.03. The van der Waals surface area contributed by atoms with Crippen LogP contribution in [0.5, 0.6) is 0 Å². The number of amides is 1. The Morgan fingerprint density at radius 3 is 2.70 bits per heavy atom. The summed E-state index contributed by atoms with van der Waals surface area (Å²) in [5.74, 6) is 0.391. The number of carboxylic acid groups (broad SMARTS) is 1. The van der Waals surface area contributed by atoms with Crippen LogP contribution in [-0.4, -0.2) is 46.6 Å². The van der Waals surface area contributed by atoms with E-state index in [2.05, 4.69) is 22.2 Å². The summed E-state index contributed by atoms with van der Waals surface area (Å²) in [6.07, 6.45) is 3.44. The number of aldehydes is 1. The van der Waals surface area contributed by atoms with Crippen LogP contribution < -0.4 is 10.2 Å². The second-order valence-corrected chi connectivity index (χ2v) is 5.85. The summed E-state index contributed by atoms with van der Waals surface area (Å²) in [6.45, 7) is 3.56. The summed E-state index contributed by atoms with van der Waals surface area (Å²) >= 11 is 0. The fourth-order valence-corrected chi connectivity index (χ4v) is 3.13. The van der Waals surface area contributed by atoms with Crippen molar-refractivity contribution in [2.75, 3.05) is 18.0 Å². The predicted molar refractivity (Wildman–Crippen MR) is 85.9 cm³/mol. The first-order valence-corrected chi connectivity index (χ1v) is 7.53. The Labute approximate surface area is 133 Å². The number of anilines is 1. The lowest BCUT2D eigenvalue weighted by Crippen LogP contribution is -2.51. The van der Waals surface area contributed by atoms with Crippen molar-refractivity contribution in [3.05, 3.63) is 30.1 Å². The monoisotopic (exact) mass is 314 g/mol. The molecule has 1 fully saturated rings. The lowest BCUT2D eigenvalue weighted by molar-refractivity contribution is 0.112. The van der Waals surface area contributed by atoms with Gasteiger partial charge in [-0.3, -0.25) is 19.7 Å². The third-order valence-corrected chi connectivity index (χ3v) is 4.14. The van der Waals surface area contributed by atoms with Crippen LogP contribution in [0.25, 0.3) is 11.0 Å². The van der Waals surface area contributed by atoms with Gasteiger partial charge >= 0.3 is 6.09 Å². The van der Waals surface area contributed by atoms with Crippen molar-refractivity contribution < 1.29 is 14.7 Å². The van der Waals surface area contributed by atoms with Crippen LogP contribution in [0.3, 0.4) is 0 Å². The standard InChI is InChI=1S/C16H18N4O3/c1-10-6-12(8-17-7-10)20(16(22)23)13-3-2-11(9-21)14-15(13)19-5-4-18-14/h2-5,9-10,12,17H,6-8H2,1H3,(H,22,23)/t10-,12+/m0/s1. The first-order valence-electron chi connectivity index (χ1n) is 7.53. The Hall–Kier alpha value is -2.54. The van der Waals surface area contributed by atoms with Crippen LogP contribution in [0.4, 0.5) is 10.5 Å². The van der Waals surface area contributed by atoms with Crippen molar-refractivity contribution in [2.24, 2.45) is 5.92 Å². The van der Waals surface area contributed by atoms with Gasteiger partial charge in [-0.15, -0.1) is 0 Å². The molecule has 3 rings (SSSR count). The molecule has 1 aliphatic heterocycles. The summed E-state index contributed by atoms with van der Waals surface area (Å²) < 4.78 is 0. The summed E-state index contributed by atoms with van der Waals surface area (Å²) in [7, 11) is 0. The van der Waals surface area contributed by atoms with E-state index in [1.54, 1.807) is 12.1 Å². The van der Waals surface area contributed by atoms with Gasteiger partial charge in [0.2, 0.25) is 0 Å². The molecule has 120 valence electrons. The van der Waals surface area contributed by atoms with Crippen LogP contribution in [0.2, 0.25) is 0 Å². The highest BCUT2D eigenvalue weighted by Crippen LogP contribution is 2.29. The number of fused-ring (bicyclic) bond motifs is 1. The molecule has 2 aromatic rings. The van der Waals surface area contributed by atoms with E-state index < -0.39 is 6.09 Å². The molecular formula is C16H18N4O3. The van der Waals surface area contributed by atoms with E-state index in [1.165, 1.54) is 17.3 Å².